The van der Waals surface area contributed by atoms with Crippen LogP contribution in [0.4, 0.5) is 0 Å². The molecule has 22 heavy (non-hydrogen) atoms. The van der Waals surface area contributed by atoms with Crippen molar-refractivity contribution in [1.29, 1.82) is 0 Å². The zero-order valence-corrected chi connectivity index (χ0v) is 15.8. The van der Waals surface area contributed by atoms with E-state index in [1.165, 1.54) is 75.3 Å². The summed E-state index contributed by atoms with van der Waals surface area (Å²) >= 11 is 0. The summed E-state index contributed by atoms with van der Waals surface area (Å²) in [7, 11) is 0. The summed E-state index contributed by atoms with van der Waals surface area (Å²) in [4.78, 5) is 0. The monoisotopic (exact) mass is 302 g/mol. The number of hydrogen-bond donors (Lipinski definition) is 0. The van der Waals surface area contributed by atoms with Crippen molar-refractivity contribution >= 4 is 0 Å². The van der Waals surface area contributed by atoms with Gasteiger partial charge in [-0.15, -0.1) is 0 Å². The minimum atomic E-state index is 0.781. The van der Waals surface area contributed by atoms with Crippen molar-refractivity contribution in [2.24, 2.45) is 0 Å². The first-order valence-electron chi connectivity index (χ1n) is 9.73. The van der Waals surface area contributed by atoms with Gasteiger partial charge in [-0.25, -0.2) is 0 Å². The van der Waals surface area contributed by atoms with E-state index in [-0.39, 0.29) is 0 Å². The van der Waals surface area contributed by atoms with Crippen LogP contribution in [-0.2, 0) is 6.42 Å². The standard InChI is InChI=1S/C22H38/c1-6-9-12-15-21-16-19(5)22(17-18(21)4)20(13-10-7-2)14-11-8-3/h16-17,20H,6-15H2,1-5H3. The molecule has 1 aromatic carbocycles. The first kappa shape index (κ1) is 19.3. The van der Waals surface area contributed by atoms with E-state index in [1.807, 2.05) is 0 Å². The predicted octanol–water partition coefficient (Wildman–Crippen LogP) is 7.50. The molecule has 1 aromatic rings. The summed E-state index contributed by atoms with van der Waals surface area (Å²) in [6, 6.07) is 5.01. The SMILES string of the molecule is CCCCCc1cc(C)c(C(CCCC)CCCC)cc1C. The first-order valence-corrected chi connectivity index (χ1v) is 9.73. The van der Waals surface area contributed by atoms with Gasteiger partial charge in [0.1, 0.15) is 0 Å². The lowest BCUT2D eigenvalue weighted by molar-refractivity contribution is 0.522. The van der Waals surface area contributed by atoms with E-state index in [4.69, 9.17) is 0 Å². The summed E-state index contributed by atoms with van der Waals surface area (Å²) in [6.45, 7) is 11.6. The van der Waals surface area contributed by atoms with E-state index >= 15 is 0 Å². The van der Waals surface area contributed by atoms with Crippen molar-refractivity contribution in [3.8, 4) is 0 Å². The first-order chi connectivity index (χ1) is 10.6. The maximum Gasteiger partial charge on any atom is -0.0159 e. The van der Waals surface area contributed by atoms with Gasteiger partial charge in [0.2, 0.25) is 0 Å². The zero-order chi connectivity index (χ0) is 16.4. The molecule has 0 aliphatic carbocycles. The topological polar surface area (TPSA) is 0 Å². The van der Waals surface area contributed by atoms with Crippen LogP contribution in [0.15, 0.2) is 12.1 Å². The Labute approximate surface area is 139 Å². The lowest BCUT2D eigenvalue weighted by Crippen LogP contribution is -2.04. The molecule has 0 atom stereocenters. The fourth-order valence-corrected chi connectivity index (χ4v) is 3.53. The maximum atomic E-state index is 2.52. The lowest BCUT2D eigenvalue weighted by atomic mass is 9.84. The largest absolute Gasteiger partial charge is 0.0654 e. The smallest absolute Gasteiger partial charge is 0.0159 e. The Morgan fingerprint density at radius 1 is 0.727 bits per heavy atom. The normalized spacial score (nSPS) is 11.4. The number of hydrogen-bond acceptors (Lipinski definition) is 0. The molecule has 0 amide bonds. The molecule has 0 aliphatic rings. The van der Waals surface area contributed by atoms with Gasteiger partial charge in [-0.2, -0.15) is 0 Å². The van der Waals surface area contributed by atoms with Crippen molar-refractivity contribution in [3.63, 3.8) is 0 Å². The summed E-state index contributed by atoms with van der Waals surface area (Å²) in [6.07, 6.45) is 13.4. The molecule has 0 spiro atoms. The fraction of sp³-hybridized carbons (Fsp3) is 0.727. The number of aryl methyl sites for hydroxylation is 3. The van der Waals surface area contributed by atoms with Gasteiger partial charge in [0.15, 0.2) is 0 Å². The van der Waals surface area contributed by atoms with Crippen LogP contribution in [0.3, 0.4) is 0 Å². The number of rotatable bonds is 11. The minimum absolute atomic E-state index is 0.781. The van der Waals surface area contributed by atoms with Gasteiger partial charge in [-0.1, -0.05) is 71.4 Å². The molecule has 0 aliphatic heterocycles. The molecule has 0 heteroatoms. The molecule has 0 bridgehead atoms. The van der Waals surface area contributed by atoms with Crippen LogP contribution in [0.5, 0.6) is 0 Å². The molecule has 1 rings (SSSR count). The molecular formula is C22H38. The molecule has 0 radical (unpaired) electrons. The molecular weight excluding hydrogens is 264 g/mol. The highest BCUT2D eigenvalue weighted by Crippen LogP contribution is 2.32. The highest BCUT2D eigenvalue weighted by atomic mass is 14.2. The van der Waals surface area contributed by atoms with E-state index in [1.54, 1.807) is 11.1 Å². The highest BCUT2D eigenvalue weighted by molar-refractivity contribution is 5.39. The van der Waals surface area contributed by atoms with E-state index in [9.17, 15) is 0 Å². The Bertz CT molecular complexity index is 408. The van der Waals surface area contributed by atoms with Crippen LogP contribution in [0, 0.1) is 13.8 Å². The van der Waals surface area contributed by atoms with Crippen molar-refractivity contribution in [1.82, 2.24) is 0 Å². The van der Waals surface area contributed by atoms with Gasteiger partial charge in [0.25, 0.3) is 0 Å². The van der Waals surface area contributed by atoms with Crippen molar-refractivity contribution in [3.05, 3.63) is 34.4 Å². The third kappa shape index (κ3) is 6.15. The fourth-order valence-electron chi connectivity index (χ4n) is 3.53. The molecule has 0 N–H and O–H groups in total. The molecule has 0 fully saturated rings. The van der Waals surface area contributed by atoms with E-state index in [0.717, 1.165) is 5.92 Å². The van der Waals surface area contributed by atoms with Crippen LogP contribution >= 0.6 is 0 Å². The van der Waals surface area contributed by atoms with Gasteiger partial charge < -0.3 is 0 Å². The average Bonchev–Trinajstić information content (AvgIpc) is 2.51. The van der Waals surface area contributed by atoms with Crippen molar-refractivity contribution in [2.75, 3.05) is 0 Å². The third-order valence-corrected chi connectivity index (χ3v) is 5.03. The van der Waals surface area contributed by atoms with Gasteiger partial charge in [0, 0.05) is 0 Å². The quantitative estimate of drug-likeness (QED) is 0.371. The van der Waals surface area contributed by atoms with Gasteiger partial charge in [0.05, 0.1) is 0 Å². The van der Waals surface area contributed by atoms with Crippen molar-refractivity contribution < 1.29 is 0 Å². The van der Waals surface area contributed by atoms with Crippen molar-refractivity contribution in [2.45, 2.75) is 105 Å². The van der Waals surface area contributed by atoms with Crippen LogP contribution in [-0.4, -0.2) is 0 Å². The Morgan fingerprint density at radius 2 is 1.32 bits per heavy atom. The third-order valence-electron chi connectivity index (χ3n) is 5.03. The molecule has 0 heterocycles. The molecule has 0 aromatic heterocycles. The predicted molar refractivity (Wildman–Crippen MR) is 101 cm³/mol. The Hall–Kier alpha value is -0.780. The van der Waals surface area contributed by atoms with E-state index < -0.39 is 0 Å². The lowest BCUT2D eigenvalue weighted by Gasteiger charge is -2.21. The second-order valence-electron chi connectivity index (χ2n) is 7.07. The Kier molecular flexibility index (Phi) is 9.52. The van der Waals surface area contributed by atoms with E-state index in [0.29, 0.717) is 0 Å². The summed E-state index contributed by atoms with van der Waals surface area (Å²) in [5, 5.41) is 0. The van der Waals surface area contributed by atoms with Crippen LogP contribution in [0.1, 0.15) is 107 Å². The van der Waals surface area contributed by atoms with Gasteiger partial charge in [-0.3, -0.25) is 0 Å². The van der Waals surface area contributed by atoms with Crippen LogP contribution in [0.2, 0.25) is 0 Å². The highest BCUT2D eigenvalue weighted by Gasteiger charge is 2.15. The zero-order valence-electron chi connectivity index (χ0n) is 15.8. The molecule has 126 valence electrons. The minimum Gasteiger partial charge on any atom is -0.0654 e. The molecule has 0 nitrogen and oxygen atoms in total. The Morgan fingerprint density at radius 3 is 1.86 bits per heavy atom. The van der Waals surface area contributed by atoms with Crippen LogP contribution in [0.25, 0.3) is 0 Å². The summed E-state index contributed by atoms with van der Waals surface area (Å²) in [5.74, 6) is 0.781. The summed E-state index contributed by atoms with van der Waals surface area (Å²) in [5.41, 5.74) is 6.28. The number of benzene rings is 1. The summed E-state index contributed by atoms with van der Waals surface area (Å²) < 4.78 is 0. The van der Waals surface area contributed by atoms with Gasteiger partial charge in [-0.05, 0) is 67.7 Å². The second kappa shape index (κ2) is 10.9. The average molecular weight is 303 g/mol. The van der Waals surface area contributed by atoms with Gasteiger partial charge >= 0.3 is 0 Å². The second-order valence-corrected chi connectivity index (χ2v) is 7.07. The number of unbranched alkanes of at least 4 members (excludes halogenated alkanes) is 4. The molecule has 0 saturated heterocycles. The molecule has 0 saturated carbocycles. The van der Waals surface area contributed by atoms with E-state index in [2.05, 4.69) is 46.8 Å². The Balaban J connectivity index is 2.88. The van der Waals surface area contributed by atoms with Crippen LogP contribution < -0.4 is 0 Å². The molecule has 0 unspecified atom stereocenters. The maximum absolute atomic E-state index is 2.52.